The van der Waals surface area contributed by atoms with Crippen molar-refractivity contribution in [1.29, 1.82) is 0 Å². The highest BCUT2D eigenvalue weighted by Crippen LogP contribution is 2.41. The van der Waals surface area contributed by atoms with Crippen LogP contribution in [0.5, 0.6) is 0 Å². The third-order valence-electron chi connectivity index (χ3n) is 8.39. The van der Waals surface area contributed by atoms with Crippen molar-refractivity contribution >= 4 is 17.3 Å². The van der Waals surface area contributed by atoms with E-state index < -0.39 is 6.10 Å². The summed E-state index contributed by atoms with van der Waals surface area (Å²) >= 11 is 0. The van der Waals surface area contributed by atoms with Crippen LogP contribution >= 0.6 is 0 Å². The molecule has 3 fully saturated rings. The first-order chi connectivity index (χ1) is 16.4. The molecule has 0 spiro atoms. The lowest BCUT2D eigenvalue weighted by molar-refractivity contribution is -0.133. The largest absolute Gasteiger partial charge is 0.370 e. The van der Waals surface area contributed by atoms with Gasteiger partial charge in [0.05, 0.1) is 6.61 Å². The van der Waals surface area contributed by atoms with Crippen LogP contribution in [-0.2, 0) is 21.4 Å². The van der Waals surface area contributed by atoms with Gasteiger partial charge in [-0.3, -0.25) is 4.79 Å². The van der Waals surface area contributed by atoms with Gasteiger partial charge in [0.15, 0.2) is 0 Å². The van der Waals surface area contributed by atoms with Crippen molar-refractivity contribution in [2.24, 2.45) is 0 Å². The minimum absolute atomic E-state index is 0.0773. The number of hydrogen-bond donors (Lipinski definition) is 0. The first-order valence-electron chi connectivity index (χ1n) is 13.0. The number of carbonyl (C=O) groups is 1. The Morgan fingerprint density at radius 2 is 1.76 bits per heavy atom. The van der Waals surface area contributed by atoms with E-state index in [4.69, 9.17) is 4.74 Å². The summed E-state index contributed by atoms with van der Waals surface area (Å²) in [5, 5.41) is 0. The topological polar surface area (TPSA) is 36.0 Å². The van der Waals surface area contributed by atoms with Crippen LogP contribution in [0.15, 0.2) is 48.5 Å². The Morgan fingerprint density at radius 1 is 1.03 bits per heavy atom. The molecule has 5 heteroatoms. The summed E-state index contributed by atoms with van der Waals surface area (Å²) in [4.78, 5) is 20.2. The monoisotopic (exact) mass is 461 g/mol. The minimum Gasteiger partial charge on any atom is -0.370 e. The van der Waals surface area contributed by atoms with E-state index >= 15 is 0 Å². The Morgan fingerprint density at radius 3 is 2.47 bits per heavy atom. The van der Waals surface area contributed by atoms with Crippen LogP contribution in [0.3, 0.4) is 0 Å². The van der Waals surface area contributed by atoms with Gasteiger partial charge in [0, 0.05) is 43.5 Å². The Bertz CT molecular complexity index is 997. The number of morpholine rings is 1. The third-order valence-corrected chi connectivity index (χ3v) is 8.39. The maximum Gasteiger partial charge on any atom is 0.256 e. The summed E-state index contributed by atoms with van der Waals surface area (Å²) < 4.78 is 6.03. The lowest BCUT2D eigenvalue weighted by atomic mass is 9.81. The van der Waals surface area contributed by atoms with Crippen molar-refractivity contribution in [2.45, 2.75) is 63.0 Å². The molecule has 0 N–H and O–H groups in total. The van der Waals surface area contributed by atoms with Crippen molar-refractivity contribution in [1.82, 2.24) is 4.90 Å². The number of nitrogens with zero attached hydrogens (tertiary/aromatic N) is 3. The molecule has 182 valence electrons. The smallest absolute Gasteiger partial charge is 0.256 e. The summed E-state index contributed by atoms with van der Waals surface area (Å²) in [5.41, 5.74) is 5.13. The minimum atomic E-state index is -0.436. The van der Waals surface area contributed by atoms with E-state index in [0.29, 0.717) is 31.0 Å². The second-order valence-corrected chi connectivity index (χ2v) is 10.8. The van der Waals surface area contributed by atoms with Crippen molar-refractivity contribution in [3.05, 3.63) is 59.7 Å². The molecule has 5 nitrogen and oxygen atoms in total. The van der Waals surface area contributed by atoms with Gasteiger partial charge in [-0.2, -0.15) is 0 Å². The second-order valence-electron chi connectivity index (χ2n) is 10.8. The van der Waals surface area contributed by atoms with Gasteiger partial charge >= 0.3 is 0 Å². The Kier molecular flexibility index (Phi) is 6.67. The number of ether oxygens (including phenoxy) is 1. The molecule has 2 aromatic rings. The summed E-state index contributed by atoms with van der Waals surface area (Å²) in [6.45, 7) is 5.65. The van der Waals surface area contributed by atoms with Crippen LogP contribution in [0.1, 0.15) is 50.2 Å². The lowest BCUT2D eigenvalue weighted by Gasteiger charge is -2.34. The number of rotatable bonds is 6. The molecule has 0 bridgehead atoms. The number of carbonyl (C=O) groups excluding carboxylic acids is 1. The van der Waals surface area contributed by atoms with Crippen LogP contribution in [-0.4, -0.2) is 63.3 Å². The zero-order valence-electron chi connectivity index (χ0n) is 21.0. The van der Waals surface area contributed by atoms with Gasteiger partial charge in [0.1, 0.15) is 6.10 Å². The van der Waals surface area contributed by atoms with Gasteiger partial charge in [0.25, 0.3) is 5.91 Å². The van der Waals surface area contributed by atoms with Crippen molar-refractivity contribution in [3.63, 3.8) is 0 Å². The molecule has 3 aliphatic rings. The lowest BCUT2D eigenvalue weighted by Crippen LogP contribution is -2.49. The Hall–Kier alpha value is -2.37. The normalized spacial score (nSPS) is 24.9. The van der Waals surface area contributed by atoms with E-state index in [1.807, 2.05) is 4.90 Å². The van der Waals surface area contributed by atoms with Crippen LogP contribution in [0.25, 0.3) is 0 Å². The first kappa shape index (κ1) is 23.4. The maximum absolute atomic E-state index is 13.5. The zero-order chi connectivity index (χ0) is 23.7. The summed E-state index contributed by atoms with van der Waals surface area (Å²) in [6, 6.07) is 17.9. The van der Waals surface area contributed by atoms with E-state index in [1.165, 1.54) is 48.9 Å². The number of anilines is 2. The highest BCUT2D eigenvalue weighted by Gasteiger charge is 2.34. The molecule has 1 saturated carbocycles. The third kappa shape index (κ3) is 4.60. The molecular weight excluding hydrogens is 422 g/mol. The molecule has 34 heavy (non-hydrogen) atoms. The van der Waals surface area contributed by atoms with Crippen LogP contribution in [0, 0.1) is 0 Å². The molecule has 2 unspecified atom stereocenters. The summed E-state index contributed by atoms with van der Waals surface area (Å²) in [7, 11) is 4.31. The molecule has 0 radical (unpaired) electrons. The number of likely N-dealkylation sites (N-methyl/N-ethyl adjacent to an activating group) is 1. The number of amides is 1. The molecular formula is C29H39N3O2. The van der Waals surface area contributed by atoms with Gasteiger partial charge in [0.2, 0.25) is 0 Å². The quantitative estimate of drug-likeness (QED) is 0.628. The van der Waals surface area contributed by atoms with Crippen LogP contribution in [0.2, 0.25) is 0 Å². The van der Waals surface area contributed by atoms with Crippen molar-refractivity contribution in [3.8, 4) is 0 Å². The fourth-order valence-corrected chi connectivity index (χ4v) is 6.11. The predicted molar refractivity (Wildman–Crippen MR) is 139 cm³/mol. The predicted octanol–water partition coefficient (Wildman–Crippen LogP) is 4.63. The molecule has 2 atom stereocenters. The highest BCUT2D eigenvalue weighted by molar-refractivity contribution is 5.97. The Balaban J connectivity index is 1.30. The van der Waals surface area contributed by atoms with Crippen LogP contribution in [0.4, 0.5) is 11.4 Å². The standard InChI is InChI=1S/C29H39N3O2/c1-29(15-6-7-16-29)23-10-12-24(13-11-23)32-18-19-34-27(28(32)33)20-22-8-4-5-9-26(22)31-17-14-25(21-31)30(2)3/h4-5,8-13,25,27H,6-7,14-21H2,1-3H3. The van der Waals surface area contributed by atoms with Crippen molar-refractivity contribution < 1.29 is 9.53 Å². The second kappa shape index (κ2) is 9.71. The summed E-state index contributed by atoms with van der Waals surface area (Å²) in [5.74, 6) is 0.0773. The molecule has 1 amide bonds. The first-order valence-corrected chi connectivity index (χ1v) is 13.0. The van der Waals surface area contributed by atoms with E-state index in [0.717, 1.165) is 18.8 Å². The number of hydrogen-bond acceptors (Lipinski definition) is 4. The molecule has 5 rings (SSSR count). The maximum atomic E-state index is 13.5. The van der Waals surface area contributed by atoms with Gasteiger partial charge in [-0.15, -0.1) is 0 Å². The molecule has 2 saturated heterocycles. The average molecular weight is 462 g/mol. The molecule has 2 heterocycles. The van der Waals surface area contributed by atoms with E-state index in [1.54, 1.807) is 0 Å². The molecule has 2 aromatic carbocycles. The highest BCUT2D eigenvalue weighted by atomic mass is 16.5. The fourth-order valence-electron chi connectivity index (χ4n) is 6.11. The Labute approximate surface area is 204 Å². The van der Waals surface area contributed by atoms with E-state index in [9.17, 15) is 4.79 Å². The van der Waals surface area contributed by atoms with E-state index in [-0.39, 0.29) is 5.91 Å². The van der Waals surface area contributed by atoms with Gasteiger partial charge in [-0.05, 0) is 68.1 Å². The average Bonchev–Trinajstić information content (AvgIpc) is 3.51. The van der Waals surface area contributed by atoms with Gasteiger partial charge in [-0.25, -0.2) is 0 Å². The number of benzene rings is 2. The van der Waals surface area contributed by atoms with Gasteiger partial charge < -0.3 is 19.4 Å². The summed E-state index contributed by atoms with van der Waals surface area (Å²) in [6.07, 6.45) is 6.50. The molecule has 2 aliphatic heterocycles. The number of para-hydroxylation sites is 1. The van der Waals surface area contributed by atoms with Crippen molar-refractivity contribution in [2.75, 3.05) is 50.1 Å². The molecule has 0 aromatic heterocycles. The van der Waals surface area contributed by atoms with Crippen LogP contribution < -0.4 is 9.80 Å². The fraction of sp³-hybridized carbons (Fsp3) is 0.552. The van der Waals surface area contributed by atoms with E-state index in [2.05, 4.69) is 79.3 Å². The molecule has 1 aliphatic carbocycles. The zero-order valence-corrected chi connectivity index (χ0v) is 21.0. The van der Waals surface area contributed by atoms with Gasteiger partial charge in [-0.1, -0.05) is 50.1 Å². The SMILES string of the molecule is CN(C)C1CCN(c2ccccc2CC2OCCN(c3ccc(C4(C)CCCC4)cc3)C2=O)C1.